The highest BCUT2D eigenvalue weighted by Crippen LogP contribution is 2.04. The van der Waals surface area contributed by atoms with Gasteiger partial charge in [-0.25, -0.2) is 4.98 Å². The molecule has 1 N–H and O–H groups in total. The maximum atomic E-state index is 12.3. The normalized spacial score (nSPS) is 12.6. The number of hydrogen-bond acceptors (Lipinski definition) is 6. The Morgan fingerprint density at radius 3 is 3.14 bits per heavy atom. The van der Waals surface area contributed by atoms with Crippen LogP contribution in [0.5, 0.6) is 0 Å². The van der Waals surface area contributed by atoms with Crippen LogP contribution in [0.15, 0.2) is 52.4 Å². The first-order chi connectivity index (χ1) is 10.7. The highest BCUT2D eigenvalue weighted by molar-refractivity contribution is 5.75. The van der Waals surface area contributed by atoms with Crippen LogP contribution in [-0.4, -0.2) is 32.4 Å². The fraction of sp³-hybridized carbons (Fsp3) is 0.267. The van der Waals surface area contributed by atoms with Gasteiger partial charge in [0.15, 0.2) is 0 Å². The van der Waals surface area contributed by atoms with Gasteiger partial charge < -0.3 is 14.3 Å². The zero-order valence-electron chi connectivity index (χ0n) is 11.8. The smallest absolute Gasteiger partial charge is 0.261 e. The van der Waals surface area contributed by atoms with Crippen molar-refractivity contribution in [3.63, 3.8) is 0 Å². The summed E-state index contributed by atoms with van der Waals surface area (Å²) in [4.78, 5) is 20.3. The van der Waals surface area contributed by atoms with Gasteiger partial charge in [-0.05, 0) is 18.2 Å². The fourth-order valence-electron chi connectivity index (χ4n) is 2.11. The lowest BCUT2D eigenvalue weighted by Gasteiger charge is -2.12. The molecular weight excluding hydrogens is 286 g/mol. The van der Waals surface area contributed by atoms with Crippen LogP contribution in [0.1, 0.15) is 5.76 Å². The summed E-state index contributed by atoms with van der Waals surface area (Å²) in [5.74, 6) is 0.684. The third-order valence-electron chi connectivity index (χ3n) is 3.17. The number of nitrogens with zero attached hydrogens (tertiary/aromatic N) is 3. The van der Waals surface area contributed by atoms with E-state index >= 15 is 0 Å². The van der Waals surface area contributed by atoms with E-state index in [1.165, 1.54) is 17.1 Å². The van der Waals surface area contributed by atoms with Crippen LogP contribution in [0.3, 0.4) is 0 Å². The van der Waals surface area contributed by atoms with Gasteiger partial charge in [0.2, 0.25) is 0 Å². The van der Waals surface area contributed by atoms with Crippen molar-refractivity contribution in [1.29, 1.82) is 0 Å². The van der Waals surface area contributed by atoms with E-state index in [2.05, 4.69) is 9.97 Å². The molecule has 22 heavy (non-hydrogen) atoms. The molecule has 7 heteroatoms. The van der Waals surface area contributed by atoms with Crippen LogP contribution in [0.25, 0.3) is 10.9 Å². The van der Waals surface area contributed by atoms with E-state index in [-0.39, 0.29) is 25.3 Å². The van der Waals surface area contributed by atoms with Crippen molar-refractivity contribution >= 4 is 10.9 Å². The molecule has 3 rings (SSSR count). The van der Waals surface area contributed by atoms with Gasteiger partial charge in [0.1, 0.15) is 12.4 Å². The predicted octanol–water partition coefficient (Wildman–Crippen LogP) is 0.962. The van der Waals surface area contributed by atoms with Crippen LogP contribution in [0.4, 0.5) is 0 Å². The lowest BCUT2D eigenvalue weighted by atomic mass is 10.3. The molecule has 0 bridgehead atoms. The summed E-state index contributed by atoms with van der Waals surface area (Å²) in [5, 5.41) is 10.4. The summed E-state index contributed by atoms with van der Waals surface area (Å²) in [5.41, 5.74) is 0.324. The second-order valence-electron chi connectivity index (χ2n) is 4.84. The van der Waals surface area contributed by atoms with Gasteiger partial charge >= 0.3 is 0 Å². The van der Waals surface area contributed by atoms with E-state index in [1.807, 2.05) is 0 Å². The first-order valence-corrected chi connectivity index (χ1v) is 6.81. The van der Waals surface area contributed by atoms with Crippen molar-refractivity contribution in [2.24, 2.45) is 0 Å². The molecular formula is C15H15N3O4. The average Bonchev–Trinajstić information content (AvgIpc) is 3.04. The zero-order chi connectivity index (χ0) is 15.4. The van der Waals surface area contributed by atoms with Crippen molar-refractivity contribution in [3.05, 3.63) is 59.3 Å². The van der Waals surface area contributed by atoms with Gasteiger partial charge in [-0.3, -0.25) is 14.3 Å². The van der Waals surface area contributed by atoms with Crippen LogP contribution in [0, 0.1) is 0 Å². The molecule has 0 saturated carbocycles. The van der Waals surface area contributed by atoms with E-state index < -0.39 is 6.10 Å². The molecule has 1 atom stereocenters. The minimum atomic E-state index is -0.811. The van der Waals surface area contributed by atoms with Crippen molar-refractivity contribution in [2.75, 3.05) is 6.61 Å². The highest BCUT2D eigenvalue weighted by Gasteiger charge is 2.10. The van der Waals surface area contributed by atoms with E-state index in [1.54, 1.807) is 30.7 Å². The van der Waals surface area contributed by atoms with Gasteiger partial charge in [-0.1, -0.05) is 0 Å². The lowest BCUT2D eigenvalue weighted by Crippen LogP contribution is -2.29. The molecule has 0 fully saturated rings. The van der Waals surface area contributed by atoms with Gasteiger partial charge in [0.25, 0.3) is 5.56 Å². The van der Waals surface area contributed by atoms with E-state index in [0.29, 0.717) is 16.7 Å². The molecule has 3 heterocycles. The number of fused-ring (bicyclic) bond motifs is 1. The standard InChI is InChI=1S/C15H15N3O4/c19-11(8-21-9-12-2-1-5-22-12)7-18-10-17-14-6-16-4-3-13(14)15(18)20/h1-6,10-11,19H,7-9H2/t11-/m0/s1. The molecule has 0 radical (unpaired) electrons. The molecule has 0 spiro atoms. The SMILES string of the molecule is O=c1c2ccncc2ncn1C[C@H](O)COCc1ccco1. The van der Waals surface area contributed by atoms with E-state index in [9.17, 15) is 9.90 Å². The molecule has 3 aromatic rings. The van der Waals surface area contributed by atoms with Crippen LogP contribution in [-0.2, 0) is 17.9 Å². The summed E-state index contributed by atoms with van der Waals surface area (Å²) < 4.78 is 11.8. The number of pyridine rings is 1. The van der Waals surface area contributed by atoms with Gasteiger partial charge in [0.05, 0.1) is 48.9 Å². The number of ether oxygens (including phenoxy) is 1. The van der Waals surface area contributed by atoms with Gasteiger partial charge in [0, 0.05) is 6.20 Å². The van der Waals surface area contributed by atoms with Gasteiger partial charge in [-0.15, -0.1) is 0 Å². The molecule has 7 nitrogen and oxygen atoms in total. The Morgan fingerprint density at radius 1 is 1.41 bits per heavy atom. The topological polar surface area (TPSA) is 90.4 Å². The number of aliphatic hydroxyl groups is 1. The maximum absolute atomic E-state index is 12.3. The van der Waals surface area contributed by atoms with Crippen LogP contribution in [0.2, 0.25) is 0 Å². The summed E-state index contributed by atoms with van der Waals surface area (Å²) in [7, 11) is 0. The van der Waals surface area contributed by atoms with Crippen LogP contribution >= 0.6 is 0 Å². The van der Waals surface area contributed by atoms with E-state index in [0.717, 1.165) is 0 Å². The van der Waals surface area contributed by atoms with Crippen molar-refractivity contribution in [3.8, 4) is 0 Å². The van der Waals surface area contributed by atoms with Crippen molar-refractivity contribution < 1.29 is 14.3 Å². The number of aliphatic hydroxyl groups excluding tert-OH is 1. The number of aromatic nitrogens is 3. The first kappa shape index (κ1) is 14.4. The summed E-state index contributed by atoms with van der Waals surface area (Å²) >= 11 is 0. The maximum Gasteiger partial charge on any atom is 0.261 e. The van der Waals surface area contributed by atoms with E-state index in [4.69, 9.17) is 9.15 Å². The summed E-state index contributed by atoms with van der Waals surface area (Å²) in [6.45, 7) is 0.490. The number of rotatable bonds is 6. The molecule has 0 saturated heterocycles. The minimum Gasteiger partial charge on any atom is -0.467 e. The second kappa shape index (κ2) is 6.50. The van der Waals surface area contributed by atoms with Gasteiger partial charge in [-0.2, -0.15) is 0 Å². The number of furan rings is 1. The Kier molecular flexibility index (Phi) is 4.27. The fourth-order valence-corrected chi connectivity index (χ4v) is 2.11. The molecule has 0 aliphatic rings. The molecule has 114 valence electrons. The Balaban J connectivity index is 1.62. The highest BCUT2D eigenvalue weighted by atomic mass is 16.5. The Hall–Kier alpha value is -2.51. The van der Waals surface area contributed by atoms with Crippen molar-refractivity contribution in [2.45, 2.75) is 19.3 Å². The molecule has 0 unspecified atom stereocenters. The summed E-state index contributed by atoms with van der Waals surface area (Å²) in [6, 6.07) is 5.17. The third kappa shape index (κ3) is 3.21. The zero-order valence-corrected chi connectivity index (χ0v) is 11.8. The molecule has 0 aliphatic carbocycles. The predicted molar refractivity (Wildman–Crippen MR) is 78.2 cm³/mol. The quantitative estimate of drug-likeness (QED) is 0.729. The average molecular weight is 301 g/mol. The third-order valence-corrected chi connectivity index (χ3v) is 3.17. The monoisotopic (exact) mass is 301 g/mol. The molecule has 0 aliphatic heterocycles. The first-order valence-electron chi connectivity index (χ1n) is 6.81. The van der Waals surface area contributed by atoms with Crippen molar-refractivity contribution in [1.82, 2.24) is 14.5 Å². The Labute approximate surface area is 125 Å². The largest absolute Gasteiger partial charge is 0.467 e. The minimum absolute atomic E-state index is 0.0987. The second-order valence-corrected chi connectivity index (χ2v) is 4.84. The number of hydrogen-bond donors (Lipinski definition) is 1. The Morgan fingerprint density at radius 2 is 2.32 bits per heavy atom. The molecule has 3 aromatic heterocycles. The lowest BCUT2D eigenvalue weighted by molar-refractivity contribution is 0.0142. The molecule has 0 aromatic carbocycles. The Bertz CT molecular complexity index is 798. The summed E-state index contributed by atoms with van der Waals surface area (Å²) in [6.07, 6.45) is 5.23. The van der Waals surface area contributed by atoms with Crippen LogP contribution < -0.4 is 5.56 Å². The molecule has 0 amide bonds.